The topological polar surface area (TPSA) is 86.7 Å². The van der Waals surface area contributed by atoms with E-state index in [1.165, 1.54) is 6.92 Å². The Balaban J connectivity index is 2.61. The van der Waals surface area contributed by atoms with Crippen LogP contribution in [0.5, 0.6) is 0 Å². The van der Waals surface area contributed by atoms with Crippen LogP contribution < -0.4 is 0 Å². The summed E-state index contributed by atoms with van der Waals surface area (Å²) in [7, 11) is -3.68. The molecular weight excluding hydrogens is 412 g/mol. The molecule has 1 aliphatic rings. The van der Waals surface area contributed by atoms with Crippen LogP contribution in [0.15, 0.2) is 28.7 Å². The molecule has 1 aliphatic carbocycles. The zero-order valence-corrected chi connectivity index (χ0v) is 16.7. The summed E-state index contributed by atoms with van der Waals surface area (Å²) in [5, 5.41) is -1.18. The maximum atomic E-state index is 12.7. The minimum Gasteiger partial charge on any atom is -0.465 e. The van der Waals surface area contributed by atoms with Crippen molar-refractivity contribution < 1.29 is 27.5 Å². The van der Waals surface area contributed by atoms with Gasteiger partial charge in [0.15, 0.2) is 15.3 Å². The number of hydrogen-bond donors (Lipinski definition) is 0. The third-order valence-corrected chi connectivity index (χ3v) is 7.13. The number of benzene rings is 1. The number of halogens is 1. The molecule has 0 bridgehead atoms. The van der Waals surface area contributed by atoms with Gasteiger partial charge in [0, 0.05) is 16.1 Å². The van der Waals surface area contributed by atoms with Gasteiger partial charge in [0.05, 0.1) is 18.5 Å². The summed E-state index contributed by atoms with van der Waals surface area (Å²) in [5.74, 6) is -2.68. The summed E-state index contributed by atoms with van der Waals surface area (Å²) in [6.07, 6.45) is 0. The van der Waals surface area contributed by atoms with Crippen molar-refractivity contribution >= 4 is 37.7 Å². The fourth-order valence-electron chi connectivity index (χ4n) is 3.20. The Morgan fingerprint density at radius 2 is 1.52 bits per heavy atom. The van der Waals surface area contributed by atoms with Crippen molar-refractivity contribution in [2.75, 3.05) is 19.0 Å². The van der Waals surface area contributed by atoms with Crippen molar-refractivity contribution in [3.05, 3.63) is 34.3 Å². The van der Waals surface area contributed by atoms with E-state index in [9.17, 15) is 18.0 Å². The summed E-state index contributed by atoms with van der Waals surface area (Å²) in [6.45, 7) is 4.80. The molecule has 0 heterocycles. The summed E-state index contributed by atoms with van der Waals surface area (Å²) >= 11 is 3.32. The van der Waals surface area contributed by atoms with Crippen molar-refractivity contribution in [3.63, 3.8) is 0 Å². The molecular formula is C17H21BrO6S. The van der Waals surface area contributed by atoms with E-state index in [2.05, 4.69) is 15.9 Å². The number of hydrogen-bond acceptors (Lipinski definition) is 6. The molecule has 0 N–H and O–H groups in total. The molecule has 2 atom stereocenters. The normalized spacial score (nSPS) is 21.4. The summed E-state index contributed by atoms with van der Waals surface area (Å²) < 4.78 is 36.2. The molecule has 0 amide bonds. The molecule has 0 unspecified atom stereocenters. The van der Waals surface area contributed by atoms with E-state index >= 15 is 0 Å². The quantitative estimate of drug-likeness (QED) is 0.485. The lowest BCUT2D eigenvalue weighted by Crippen LogP contribution is -2.36. The number of ether oxygens (including phenoxy) is 2. The van der Waals surface area contributed by atoms with Gasteiger partial charge in [0.25, 0.3) is 0 Å². The molecule has 0 aromatic heterocycles. The van der Waals surface area contributed by atoms with Gasteiger partial charge in [-0.15, -0.1) is 0 Å². The van der Waals surface area contributed by atoms with Gasteiger partial charge in [0.2, 0.25) is 0 Å². The summed E-state index contributed by atoms with van der Waals surface area (Å²) in [6, 6.07) is 6.88. The Hall–Kier alpha value is -1.41. The van der Waals surface area contributed by atoms with Crippen LogP contribution in [0.25, 0.3) is 0 Å². The Kier molecular flexibility index (Phi) is 5.93. The Morgan fingerprint density at radius 3 is 1.92 bits per heavy atom. The van der Waals surface area contributed by atoms with E-state index in [4.69, 9.17) is 9.47 Å². The molecule has 0 radical (unpaired) electrons. The average molecular weight is 433 g/mol. The van der Waals surface area contributed by atoms with Crippen LogP contribution in [0, 0.1) is 5.41 Å². The minimum absolute atomic E-state index is 0.0476. The number of carbonyl (C=O) groups excluding carboxylic acids is 2. The lowest BCUT2D eigenvalue weighted by Gasteiger charge is -2.15. The summed E-state index contributed by atoms with van der Waals surface area (Å²) in [4.78, 5) is 25.3. The van der Waals surface area contributed by atoms with Crippen LogP contribution in [-0.2, 0) is 28.9 Å². The lowest BCUT2D eigenvalue weighted by molar-refractivity contribution is -0.164. The monoisotopic (exact) mass is 432 g/mol. The largest absolute Gasteiger partial charge is 0.465 e. The molecule has 0 aliphatic heterocycles. The zero-order valence-electron chi connectivity index (χ0n) is 14.3. The predicted molar refractivity (Wildman–Crippen MR) is 95.8 cm³/mol. The molecule has 2 rings (SSSR count). The second-order valence-electron chi connectivity index (χ2n) is 5.71. The van der Waals surface area contributed by atoms with Gasteiger partial charge >= 0.3 is 11.9 Å². The Bertz CT molecular complexity index is 738. The van der Waals surface area contributed by atoms with Gasteiger partial charge < -0.3 is 9.47 Å². The first-order valence-corrected chi connectivity index (χ1v) is 10.6. The zero-order chi connectivity index (χ0) is 18.8. The van der Waals surface area contributed by atoms with Crippen molar-refractivity contribution in [3.8, 4) is 0 Å². The van der Waals surface area contributed by atoms with Gasteiger partial charge in [-0.1, -0.05) is 35.0 Å². The average Bonchev–Trinajstić information content (AvgIpc) is 3.28. The van der Waals surface area contributed by atoms with Gasteiger partial charge in [-0.3, -0.25) is 9.59 Å². The van der Waals surface area contributed by atoms with Crippen molar-refractivity contribution in [2.45, 2.75) is 31.9 Å². The second-order valence-corrected chi connectivity index (χ2v) is 9.04. The van der Waals surface area contributed by atoms with Crippen LogP contribution in [0.1, 0.15) is 32.3 Å². The first-order chi connectivity index (χ1) is 11.8. The number of esters is 2. The predicted octanol–water partition coefficient (Wildman–Crippen LogP) is 2.46. The standard InChI is InChI=1S/C17H21BrO6S/c1-4-23-15(19)17(16(20)24-5-2)13(14(17)25(21,22)6-3)11-7-9-12(18)10-8-11/h7-10,13-14H,4-6H2,1-3H3/t13-,14-/m1/s1. The van der Waals surface area contributed by atoms with Gasteiger partial charge in [-0.25, -0.2) is 8.42 Å². The fraction of sp³-hybridized carbons (Fsp3) is 0.529. The molecule has 1 aromatic carbocycles. The first kappa shape index (κ1) is 19.9. The molecule has 8 heteroatoms. The SMILES string of the molecule is CCOC(=O)C1(C(=O)OCC)[C@H](c2ccc(Br)cc2)[C@H]1S(=O)(=O)CC. The van der Waals surface area contributed by atoms with Crippen molar-refractivity contribution in [1.29, 1.82) is 0 Å². The highest BCUT2D eigenvalue weighted by atomic mass is 79.9. The molecule has 6 nitrogen and oxygen atoms in total. The molecule has 1 aromatic rings. The highest BCUT2D eigenvalue weighted by Crippen LogP contribution is 2.64. The number of carbonyl (C=O) groups is 2. The third kappa shape index (κ3) is 3.33. The maximum Gasteiger partial charge on any atom is 0.325 e. The minimum atomic E-state index is -3.68. The number of sulfone groups is 1. The van der Waals surface area contributed by atoms with Crippen LogP contribution in [0.3, 0.4) is 0 Å². The summed E-state index contributed by atoms with van der Waals surface area (Å²) in [5.41, 5.74) is -1.25. The van der Waals surface area contributed by atoms with E-state index in [1.54, 1.807) is 38.1 Å². The van der Waals surface area contributed by atoms with Crippen LogP contribution in [0.2, 0.25) is 0 Å². The van der Waals surface area contributed by atoms with Gasteiger partial charge in [0.1, 0.15) is 0 Å². The van der Waals surface area contributed by atoms with Crippen LogP contribution >= 0.6 is 15.9 Å². The Labute approximate surface area is 155 Å². The van der Waals surface area contributed by atoms with Crippen molar-refractivity contribution in [1.82, 2.24) is 0 Å². The molecule has 138 valence electrons. The molecule has 0 saturated heterocycles. The van der Waals surface area contributed by atoms with E-state index < -0.39 is 38.4 Å². The molecule has 1 saturated carbocycles. The second kappa shape index (κ2) is 7.45. The maximum absolute atomic E-state index is 12.7. The van der Waals surface area contributed by atoms with E-state index in [-0.39, 0.29) is 19.0 Å². The van der Waals surface area contributed by atoms with E-state index in [0.717, 1.165) is 4.47 Å². The highest BCUT2D eigenvalue weighted by molar-refractivity contribution is 9.10. The van der Waals surface area contributed by atoms with Crippen LogP contribution in [0.4, 0.5) is 0 Å². The fourth-order valence-corrected chi connectivity index (χ4v) is 5.44. The molecule has 0 spiro atoms. The van der Waals surface area contributed by atoms with E-state index in [0.29, 0.717) is 5.56 Å². The van der Waals surface area contributed by atoms with E-state index in [1.807, 2.05) is 0 Å². The van der Waals surface area contributed by atoms with Crippen LogP contribution in [-0.4, -0.2) is 44.6 Å². The third-order valence-electron chi connectivity index (χ3n) is 4.38. The van der Waals surface area contributed by atoms with Gasteiger partial charge in [-0.05, 0) is 31.5 Å². The smallest absolute Gasteiger partial charge is 0.325 e. The number of rotatable bonds is 7. The highest BCUT2D eigenvalue weighted by Gasteiger charge is 2.81. The van der Waals surface area contributed by atoms with Crippen molar-refractivity contribution in [2.24, 2.45) is 5.41 Å². The molecule has 25 heavy (non-hydrogen) atoms. The molecule has 1 fully saturated rings. The Morgan fingerprint density at radius 1 is 1.04 bits per heavy atom. The first-order valence-electron chi connectivity index (χ1n) is 8.08. The lowest BCUT2D eigenvalue weighted by atomic mass is 9.99. The van der Waals surface area contributed by atoms with Gasteiger partial charge in [-0.2, -0.15) is 0 Å².